The van der Waals surface area contributed by atoms with Crippen molar-refractivity contribution < 1.29 is 17.9 Å². The summed E-state index contributed by atoms with van der Waals surface area (Å²) >= 11 is 1.52. The smallest absolute Gasteiger partial charge is 0.243 e. The molecule has 1 heterocycles. The first kappa shape index (κ1) is 21.7. The van der Waals surface area contributed by atoms with E-state index < -0.39 is 10.0 Å². The van der Waals surface area contributed by atoms with Gasteiger partial charge in [-0.1, -0.05) is 30.3 Å². The molecule has 1 amide bonds. The molecule has 0 radical (unpaired) electrons. The number of benzene rings is 2. The minimum Gasteiger partial charge on any atom is -0.495 e. The molecule has 8 heteroatoms. The van der Waals surface area contributed by atoms with Gasteiger partial charge >= 0.3 is 0 Å². The molecule has 0 bridgehead atoms. The highest BCUT2D eigenvalue weighted by atomic mass is 32.2. The summed E-state index contributed by atoms with van der Waals surface area (Å²) in [5.74, 6) is 0.953. The van der Waals surface area contributed by atoms with Crippen molar-refractivity contribution in [1.82, 2.24) is 4.31 Å². The molecule has 1 N–H and O–H groups in total. The van der Waals surface area contributed by atoms with Crippen molar-refractivity contribution in [2.75, 3.05) is 25.5 Å². The Morgan fingerprint density at radius 1 is 1.17 bits per heavy atom. The molecule has 1 fully saturated rings. The Balaban J connectivity index is 1.72. The number of hydrogen-bond acceptors (Lipinski definition) is 5. The second-order valence-corrected chi connectivity index (χ2v) is 10.2. The van der Waals surface area contributed by atoms with Crippen LogP contribution in [-0.2, 0) is 20.6 Å². The van der Waals surface area contributed by atoms with Crippen molar-refractivity contribution in [1.29, 1.82) is 0 Å². The van der Waals surface area contributed by atoms with E-state index in [1.54, 1.807) is 6.07 Å². The third-order valence-corrected chi connectivity index (χ3v) is 7.95. The zero-order valence-electron chi connectivity index (χ0n) is 16.6. The van der Waals surface area contributed by atoms with E-state index >= 15 is 0 Å². The average molecular weight is 435 g/mol. The first-order valence-corrected chi connectivity index (χ1v) is 12.1. The Morgan fingerprint density at radius 2 is 1.86 bits per heavy atom. The summed E-state index contributed by atoms with van der Waals surface area (Å²) in [7, 11) is -2.07. The van der Waals surface area contributed by atoms with E-state index in [1.807, 2.05) is 37.3 Å². The number of nitrogens with one attached hydrogen (secondary N) is 1. The number of carbonyl (C=O) groups excluding carboxylic acids is 1. The van der Waals surface area contributed by atoms with Crippen molar-refractivity contribution in [3.05, 3.63) is 54.1 Å². The summed E-state index contributed by atoms with van der Waals surface area (Å²) < 4.78 is 32.5. The Hall–Kier alpha value is -2.03. The quantitative estimate of drug-likeness (QED) is 0.685. The number of hydrogen-bond donors (Lipinski definition) is 1. The molecular formula is C21H26N2O4S2. The van der Waals surface area contributed by atoms with Crippen LogP contribution in [0.25, 0.3) is 0 Å². The van der Waals surface area contributed by atoms with Crippen molar-refractivity contribution in [2.24, 2.45) is 0 Å². The number of rotatable bonds is 8. The maximum absolute atomic E-state index is 12.8. The van der Waals surface area contributed by atoms with E-state index in [-0.39, 0.29) is 16.1 Å². The maximum atomic E-state index is 12.8. The summed E-state index contributed by atoms with van der Waals surface area (Å²) in [5, 5.41) is 2.53. The SMILES string of the molecule is COc1ccc(S(=O)(=O)N2CCCC2)cc1NC(=O)[C@@H](C)SCc1ccccc1. The number of carbonyl (C=O) groups is 1. The van der Waals surface area contributed by atoms with Crippen molar-refractivity contribution in [2.45, 2.75) is 35.7 Å². The van der Waals surface area contributed by atoms with Crippen LogP contribution in [0.15, 0.2) is 53.4 Å². The molecule has 0 aromatic heterocycles. The van der Waals surface area contributed by atoms with E-state index in [0.717, 1.165) is 24.2 Å². The van der Waals surface area contributed by atoms with Gasteiger partial charge in [0.1, 0.15) is 5.75 Å². The van der Waals surface area contributed by atoms with Gasteiger partial charge in [0.2, 0.25) is 15.9 Å². The third-order valence-electron chi connectivity index (χ3n) is 4.84. The third kappa shape index (κ3) is 5.32. The average Bonchev–Trinajstić information content (AvgIpc) is 3.28. The second kappa shape index (κ2) is 9.65. The molecule has 0 spiro atoms. The molecule has 1 aliphatic heterocycles. The van der Waals surface area contributed by atoms with Gasteiger partial charge in [-0.05, 0) is 43.5 Å². The molecular weight excluding hydrogens is 408 g/mol. The topological polar surface area (TPSA) is 75.7 Å². The number of ether oxygens (including phenoxy) is 1. The predicted molar refractivity (Wildman–Crippen MR) is 117 cm³/mol. The molecule has 6 nitrogen and oxygen atoms in total. The van der Waals surface area contributed by atoms with Crippen molar-refractivity contribution >= 4 is 33.4 Å². The lowest BCUT2D eigenvalue weighted by atomic mass is 10.2. The monoisotopic (exact) mass is 434 g/mol. The molecule has 29 heavy (non-hydrogen) atoms. The van der Waals surface area contributed by atoms with Gasteiger partial charge in [0.15, 0.2) is 0 Å². The molecule has 0 saturated carbocycles. The normalized spacial score (nSPS) is 15.8. The van der Waals surface area contributed by atoms with Gasteiger partial charge in [0.25, 0.3) is 0 Å². The number of amides is 1. The lowest BCUT2D eigenvalue weighted by molar-refractivity contribution is -0.115. The van der Waals surface area contributed by atoms with Crippen LogP contribution >= 0.6 is 11.8 Å². The molecule has 3 rings (SSSR count). The minimum atomic E-state index is -3.57. The van der Waals surface area contributed by atoms with E-state index in [2.05, 4.69) is 5.32 Å². The van der Waals surface area contributed by atoms with Gasteiger partial charge in [-0.15, -0.1) is 11.8 Å². The Kier molecular flexibility index (Phi) is 7.21. The first-order valence-electron chi connectivity index (χ1n) is 9.56. The maximum Gasteiger partial charge on any atom is 0.243 e. The first-order chi connectivity index (χ1) is 13.9. The minimum absolute atomic E-state index is 0.167. The molecule has 1 saturated heterocycles. The molecule has 0 aliphatic carbocycles. The second-order valence-electron chi connectivity index (χ2n) is 6.90. The molecule has 0 unspecified atom stereocenters. The van der Waals surface area contributed by atoms with E-state index in [4.69, 9.17) is 4.74 Å². The fraction of sp³-hybridized carbons (Fsp3) is 0.381. The Bertz CT molecular complexity index is 942. The van der Waals surface area contributed by atoms with Gasteiger partial charge < -0.3 is 10.1 Å². The molecule has 2 aromatic carbocycles. The van der Waals surface area contributed by atoms with Gasteiger partial charge in [-0.3, -0.25) is 4.79 Å². The number of sulfonamides is 1. The number of thioether (sulfide) groups is 1. The van der Waals surface area contributed by atoms with Crippen molar-refractivity contribution in [3.63, 3.8) is 0 Å². The summed E-state index contributed by atoms with van der Waals surface area (Å²) in [6.45, 7) is 2.90. The van der Waals surface area contributed by atoms with E-state index in [9.17, 15) is 13.2 Å². The van der Waals surface area contributed by atoms with Crippen LogP contribution < -0.4 is 10.1 Å². The van der Waals surface area contributed by atoms with Crippen LogP contribution in [-0.4, -0.2) is 44.1 Å². The lowest BCUT2D eigenvalue weighted by Crippen LogP contribution is -2.28. The number of nitrogens with zero attached hydrogens (tertiary/aromatic N) is 1. The largest absolute Gasteiger partial charge is 0.495 e. The standard InChI is InChI=1S/C21H26N2O4S2/c1-16(28-15-17-8-4-3-5-9-17)21(24)22-19-14-18(10-11-20(19)27-2)29(25,26)23-12-6-7-13-23/h3-5,8-11,14,16H,6-7,12-13,15H2,1-2H3,(H,22,24)/t16-/m1/s1. The summed E-state index contributed by atoms with van der Waals surface area (Å²) in [6.07, 6.45) is 1.74. The fourth-order valence-electron chi connectivity index (χ4n) is 3.13. The molecule has 156 valence electrons. The predicted octanol–water partition coefficient (Wildman–Crippen LogP) is 3.74. The van der Waals surface area contributed by atoms with Gasteiger partial charge in [-0.25, -0.2) is 8.42 Å². The van der Waals surface area contributed by atoms with Crippen LogP contribution in [0, 0.1) is 0 Å². The van der Waals surface area contributed by atoms with Crippen LogP contribution in [0.3, 0.4) is 0 Å². The highest BCUT2D eigenvalue weighted by Crippen LogP contribution is 2.31. The van der Waals surface area contributed by atoms with Crippen LogP contribution in [0.2, 0.25) is 0 Å². The highest BCUT2D eigenvalue weighted by molar-refractivity contribution is 7.99. The molecule has 1 aliphatic rings. The van der Waals surface area contributed by atoms with Crippen LogP contribution in [0.1, 0.15) is 25.3 Å². The van der Waals surface area contributed by atoms with Gasteiger partial charge in [-0.2, -0.15) is 4.31 Å². The number of methoxy groups -OCH3 is 1. The van der Waals surface area contributed by atoms with Gasteiger partial charge in [0, 0.05) is 18.8 Å². The van der Waals surface area contributed by atoms with E-state index in [1.165, 1.54) is 35.3 Å². The zero-order chi connectivity index (χ0) is 20.9. The van der Waals surface area contributed by atoms with Crippen LogP contribution in [0.5, 0.6) is 5.75 Å². The summed E-state index contributed by atoms with van der Waals surface area (Å²) in [6, 6.07) is 14.5. The summed E-state index contributed by atoms with van der Waals surface area (Å²) in [4.78, 5) is 12.8. The summed E-state index contributed by atoms with van der Waals surface area (Å²) in [5.41, 5.74) is 1.51. The molecule has 1 atom stereocenters. The van der Waals surface area contributed by atoms with E-state index in [0.29, 0.717) is 24.5 Å². The Morgan fingerprint density at radius 3 is 2.52 bits per heavy atom. The number of anilines is 1. The fourth-order valence-corrected chi connectivity index (χ4v) is 5.52. The zero-order valence-corrected chi connectivity index (χ0v) is 18.3. The lowest BCUT2D eigenvalue weighted by Gasteiger charge is -2.18. The van der Waals surface area contributed by atoms with Gasteiger partial charge in [0.05, 0.1) is 22.9 Å². The van der Waals surface area contributed by atoms with Crippen LogP contribution in [0.4, 0.5) is 5.69 Å². The highest BCUT2D eigenvalue weighted by Gasteiger charge is 2.28. The van der Waals surface area contributed by atoms with Crippen molar-refractivity contribution in [3.8, 4) is 5.75 Å². The molecule has 2 aromatic rings. The Labute approximate surface area is 176 Å².